The average molecular weight is 315 g/mol. The van der Waals surface area contributed by atoms with Crippen LogP contribution in [0.2, 0.25) is 0 Å². The molecule has 9 heteroatoms. The SMILES string of the molecule is CCS(=O)(=O)N1CCN(C(=O)Cn2nc(C)cc2N)CC1. The summed E-state index contributed by atoms with van der Waals surface area (Å²) in [4.78, 5) is 13.8. The zero-order valence-corrected chi connectivity index (χ0v) is 13.1. The molecule has 1 fully saturated rings. The van der Waals surface area contributed by atoms with Crippen molar-refractivity contribution >= 4 is 21.7 Å². The normalized spacial score (nSPS) is 17.1. The summed E-state index contributed by atoms with van der Waals surface area (Å²) in [5.41, 5.74) is 6.52. The number of nitrogens with two attached hydrogens (primary N) is 1. The lowest BCUT2D eigenvalue weighted by molar-refractivity contribution is -0.133. The molecule has 21 heavy (non-hydrogen) atoms. The summed E-state index contributed by atoms with van der Waals surface area (Å²) in [7, 11) is -3.17. The highest BCUT2D eigenvalue weighted by molar-refractivity contribution is 7.89. The van der Waals surface area contributed by atoms with E-state index in [0.717, 1.165) is 5.69 Å². The number of carbonyl (C=O) groups excluding carboxylic acids is 1. The van der Waals surface area contributed by atoms with Crippen LogP contribution in [-0.4, -0.2) is 65.2 Å². The van der Waals surface area contributed by atoms with Gasteiger partial charge in [-0.05, 0) is 13.8 Å². The second kappa shape index (κ2) is 6.02. The van der Waals surface area contributed by atoms with E-state index in [1.165, 1.54) is 8.99 Å². The third kappa shape index (κ3) is 3.53. The number of amides is 1. The highest BCUT2D eigenvalue weighted by Crippen LogP contribution is 2.10. The van der Waals surface area contributed by atoms with Crippen LogP contribution in [0.4, 0.5) is 5.82 Å². The number of aromatic nitrogens is 2. The number of hydrogen-bond acceptors (Lipinski definition) is 5. The first-order chi connectivity index (χ1) is 9.83. The van der Waals surface area contributed by atoms with E-state index in [2.05, 4.69) is 5.10 Å². The summed E-state index contributed by atoms with van der Waals surface area (Å²) in [5, 5.41) is 4.15. The van der Waals surface area contributed by atoms with E-state index in [-0.39, 0.29) is 18.2 Å². The second-order valence-corrected chi connectivity index (χ2v) is 7.31. The van der Waals surface area contributed by atoms with Crippen molar-refractivity contribution in [3.8, 4) is 0 Å². The van der Waals surface area contributed by atoms with E-state index in [0.29, 0.717) is 32.0 Å². The van der Waals surface area contributed by atoms with Crippen molar-refractivity contribution in [3.63, 3.8) is 0 Å². The van der Waals surface area contributed by atoms with E-state index < -0.39 is 10.0 Å². The van der Waals surface area contributed by atoms with Gasteiger partial charge in [0.15, 0.2) is 0 Å². The smallest absolute Gasteiger partial charge is 0.244 e. The number of aryl methyl sites for hydroxylation is 1. The van der Waals surface area contributed by atoms with Crippen molar-refractivity contribution in [2.24, 2.45) is 0 Å². The van der Waals surface area contributed by atoms with Gasteiger partial charge in [0.1, 0.15) is 12.4 Å². The largest absolute Gasteiger partial charge is 0.384 e. The molecular weight excluding hydrogens is 294 g/mol. The van der Waals surface area contributed by atoms with Crippen LogP contribution in [0, 0.1) is 6.92 Å². The third-order valence-electron chi connectivity index (χ3n) is 3.57. The van der Waals surface area contributed by atoms with Crippen LogP contribution in [-0.2, 0) is 21.4 Å². The Morgan fingerprint density at radius 2 is 1.95 bits per heavy atom. The highest BCUT2D eigenvalue weighted by atomic mass is 32.2. The Hall–Kier alpha value is -1.61. The fraction of sp³-hybridized carbons (Fsp3) is 0.667. The quantitative estimate of drug-likeness (QED) is 0.789. The van der Waals surface area contributed by atoms with Crippen molar-refractivity contribution in [2.45, 2.75) is 20.4 Å². The molecule has 1 aromatic heterocycles. The molecule has 0 spiro atoms. The molecule has 0 radical (unpaired) electrons. The maximum Gasteiger partial charge on any atom is 0.244 e. The van der Waals surface area contributed by atoms with Crippen LogP contribution >= 0.6 is 0 Å². The molecule has 1 aromatic rings. The number of sulfonamides is 1. The average Bonchev–Trinajstić information content (AvgIpc) is 2.77. The minimum Gasteiger partial charge on any atom is -0.384 e. The van der Waals surface area contributed by atoms with Gasteiger partial charge in [-0.3, -0.25) is 4.79 Å². The molecule has 8 nitrogen and oxygen atoms in total. The molecule has 0 aliphatic carbocycles. The number of anilines is 1. The van der Waals surface area contributed by atoms with Gasteiger partial charge in [-0.25, -0.2) is 13.1 Å². The van der Waals surface area contributed by atoms with Gasteiger partial charge in [-0.2, -0.15) is 9.40 Å². The number of carbonyl (C=O) groups is 1. The molecule has 0 unspecified atom stereocenters. The molecule has 1 saturated heterocycles. The van der Waals surface area contributed by atoms with Crippen molar-refractivity contribution < 1.29 is 13.2 Å². The Balaban J connectivity index is 1.93. The standard InChI is InChI=1S/C12H21N5O3S/c1-3-21(19,20)16-6-4-15(5-7-16)12(18)9-17-11(13)8-10(2)14-17/h8H,3-7,9,13H2,1-2H3. The molecule has 2 rings (SSSR count). The molecule has 2 heterocycles. The highest BCUT2D eigenvalue weighted by Gasteiger charge is 2.27. The Labute approximate surface area is 124 Å². The number of nitrogens with zero attached hydrogens (tertiary/aromatic N) is 4. The van der Waals surface area contributed by atoms with E-state index in [9.17, 15) is 13.2 Å². The Bertz CT molecular complexity index is 617. The van der Waals surface area contributed by atoms with Crippen molar-refractivity contribution in [2.75, 3.05) is 37.7 Å². The second-order valence-electron chi connectivity index (χ2n) is 5.05. The molecule has 0 saturated carbocycles. The number of rotatable bonds is 4. The first kappa shape index (κ1) is 15.8. The first-order valence-electron chi connectivity index (χ1n) is 6.89. The Kier molecular flexibility index (Phi) is 4.52. The molecule has 1 amide bonds. The van der Waals surface area contributed by atoms with E-state index in [1.807, 2.05) is 6.92 Å². The topological polar surface area (TPSA) is 102 Å². The van der Waals surface area contributed by atoms with Gasteiger partial charge in [-0.1, -0.05) is 0 Å². The summed E-state index contributed by atoms with van der Waals surface area (Å²) >= 11 is 0. The summed E-state index contributed by atoms with van der Waals surface area (Å²) in [6, 6.07) is 1.71. The Morgan fingerprint density at radius 1 is 1.33 bits per heavy atom. The maximum atomic E-state index is 12.2. The summed E-state index contributed by atoms with van der Waals surface area (Å²) in [6.45, 7) is 5.00. The fourth-order valence-electron chi connectivity index (χ4n) is 2.32. The molecule has 118 valence electrons. The van der Waals surface area contributed by atoms with Crippen molar-refractivity contribution in [1.82, 2.24) is 19.0 Å². The predicted octanol–water partition coefficient (Wildman–Crippen LogP) is -0.732. The van der Waals surface area contributed by atoms with E-state index >= 15 is 0 Å². The predicted molar refractivity (Wildman–Crippen MR) is 79.0 cm³/mol. The Morgan fingerprint density at radius 3 is 2.43 bits per heavy atom. The summed E-state index contributed by atoms with van der Waals surface area (Å²) < 4.78 is 26.4. The molecule has 2 N–H and O–H groups in total. The van der Waals surface area contributed by atoms with Gasteiger partial charge in [0.2, 0.25) is 15.9 Å². The lowest BCUT2D eigenvalue weighted by Gasteiger charge is -2.33. The zero-order chi connectivity index (χ0) is 15.6. The van der Waals surface area contributed by atoms with Gasteiger partial charge in [-0.15, -0.1) is 0 Å². The van der Waals surface area contributed by atoms with Gasteiger partial charge in [0.25, 0.3) is 0 Å². The van der Waals surface area contributed by atoms with Gasteiger partial charge in [0, 0.05) is 32.2 Å². The third-order valence-corrected chi connectivity index (χ3v) is 5.45. The fourth-order valence-corrected chi connectivity index (χ4v) is 3.40. The molecule has 1 aliphatic heterocycles. The van der Waals surface area contributed by atoms with Crippen LogP contribution in [0.3, 0.4) is 0 Å². The lowest BCUT2D eigenvalue weighted by atomic mass is 10.3. The minimum absolute atomic E-state index is 0.0835. The summed E-state index contributed by atoms with van der Waals surface area (Å²) in [5.74, 6) is 0.440. The molecule has 0 bridgehead atoms. The molecule has 0 aromatic carbocycles. The maximum absolute atomic E-state index is 12.2. The van der Waals surface area contributed by atoms with Gasteiger partial charge < -0.3 is 10.6 Å². The number of nitrogen functional groups attached to an aromatic ring is 1. The van der Waals surface area contributed by atoms with Crippen LogP contribution in [0.5, 0.6) is 0 Å². The lowest BCUT2D eigenvalue weighted by Crippen LogP contribution is -2.51. The van der Waals surface area contributed by atoms with Crippen molar-refractivity contribution in [1.29, 1.82) is 0 Å². The van der Waals surface area contributed by atoms with E-state index in [4.69, 9.17) is 5.73 Å². The molecule has 1 aliphatic rings. The summed E-state index contributed by atoms with van der Waals surface area (Å²) in [6.07, 6.45) is 0. The van der Waals surface area contributed by atoms with Crippen LogP contribution in [0.15, 0.2) is 6.07 Å². The van der Waals surface area contributed by atoms with Crippen LogP contribution in [0.25, 0.3) is 0 Å². The van der Waals surface area contributed by atoms with Crippen LogP contribution < -0.4 is 5.73 Å². The monoisotopic (exact) mass is 315 g/mol. The molecular formula is C12H21N5O3S. The van der Waals surface area contributed by atoms with Gasteiger partial charge >= 0.3 is 0 Å². The van der Waals surface area contributed by atoms with E-state index in [1.54, 1.807) is 17.9 Å². The zero-order valence-electron chi connectivity index (χ0n) is 12.3. The van der Waals surface area contributed by atoms with Crippen molar-refractivity contribution in [3.05, 3.63) is 11.8 Å². The minimum atomic E-state index is -3.17. The number of hydrogen-bond donors (Lipinski definition) is 1. The van der Waals surface area contributed by atoms with Crippen LogP contribution in [0.1, 0.15) is 12.6 Å². The first-order valence-corrected chi connectivity index (χ1v) is 8.50. The van der Waals surface area contributed by atoms with Gasteiger partial charge in [0.05, 0.1) is 11.4 Å². The molecule has 0 atom stereocenters. The number of piperazine rings is 1.